The van der Waals surface area contributed by atoms with Crippen LogP contribution in [0.3, 0.4) is 0 Å². The minimum Gasteiger partial charge on any atom is -0.394 e. The van der Waals surface area contributed by atoms with Gasteiger partial charge in [0.25, 0.3) is 0 Å². The van der Waals surface area contributed by atoms with Crippen molar-refractivity contribution in [1.29, 1.82) is 0 Å². The standard InChI is InChI=1S/C54H105NO4/c1-3-5-7-9-11-13-15-17-18-19-20-21-22-23-24-25-26-27-28-29-30-31-32-33-34-36-37-39-41-43-45-47-51(57)49-54(59)55-52(50-56)53(58)48-46-44-42-40-38-35-16-14-12-10-8-6-4-2/h38,40,46,48,51-53,56-58H,3-37,39,41-45,47,49-50H2,1-2H3,(H,55,59)/b40-38+,48-46+. The molecule has 0 aromatic heterocycles. The third kappa shape index (κ3) is 46.2. The Balaban J connectivity index is 3.49. The summed E-state index contributed by atoms with van der Waals surface area (Å²) in [5.41, 5.74) is 0. The Labute approximate surface area is 369 Å². The summed E-state index contributed by atoms with van der Waals surface area (Å²) in [6, 6.07) is -0.757. The van der Waals surface area contributed by atoms with Crippen molar-refractivity contribution in [3.8, 4) is 0 Å². The predicted octanol–water partition coefficient (Wildman–Crippen LogP) is 16.1. The molecule has 3 atom stereocenters. The summed E-state index contributed by atoms with van der Waals surface area (Å²) in [7, 11) is 0. The molecule has 0 saturated heterocycles. The first-order chi connectivity index (χ1) is 29.0. The van der Waals surface area contributed by atoms with Gasteiger partial charge in [0.15, 0.2) is 0 Å². The summed E-state index contributed by atoms with van der Waals surface area (Å²) in [4.78, 5) is 12.5. The van der Waals surface area contributed by atoms with E-state index in [-0.39, 0.29) is 18.9 Å². The Morgan fingerprint density at radius 1 is 0.424 bits per heavy atom. The average Bonchev–Trinajstić information content (AvgIpc) is 3.23. The van der Waals surface area contributed by atoms with Crippen LogP contribution in [-0.4, -0.2) is 46.1 Å². The molecule has 5 heteroatoms. The number of unbranched alkanes of at least 4 members (excludes halogenated alkanes) is 38. The molecule has 5 nitrogen and oxygen atoms in total. The first kappa shape index (κ1) is 57.8. The van der Waals surface area contributed by atoms with Gasteiger partial charge in [0.1, 0.15) is 0 Å². The largest absolute Gasteiger partial charge is 0.394 e. The van der Waals surface area contributed by atoms with E-state index in [4.69, 9.17) is 0 Å². The number of hydrogen-bond acceptors (Lipinski definition) is 4. The van der Waals surface area contributed by atoms with E-state index in [1.54, 1.807) is 6.08 Å². The topological polar surface area (TPSA) is 89.8 Å². The van der Waals surface area contributed by atoms with E-state index in [1.807, 2.05) is 6.08 Å². The van der Waals surface area contributed by atoms with Gasteiger partial charge in [-0.05, 0) is 32.1 Å². The molecule has 0 radical (unpaired) electrons. The zero-order valence-corrected chi connectivity index (χ0v) is 39.9. The highest BCUT2D eigenvalue weighted by atomic mass is 16.3. The van der Waals surface area contributed by atoms with E-state index < -0.39 is 18.2 Å². The van der Waals surface area contributed by atoms with Crippen LogP contribution < -0.4 is 5.32 Å². The first-order valence-corrected chi connectivity index (χ1v) is 26.6. The summed E-state index contributed by atoms with van der Waals surface area (Å²) < 4.78 is 0. The van der Waals surface area contributed by atoms with E-state index in [1.165, 1.54) is 231 Å². The lowest BCUT2D eigenvalue weighted by Crippen LogP contribution is -2.45. The lowest BCUT2D eigenvalue weighted by molar-refractivity contribution is -0.124. The fourth-order valence-electron chi connectivity index (χ4n) is 8.42. The van der Waals surface area contributed by atoms with Crippen LogP contribution in [0.25, 0.3) is 0 Å². The van der Waals surface area contributed by atoms with Gasteiger partial charge in [0.2, 0.25) is 5.91 Å². The zero-order chi connectivity index (χ0) is 43.0. The third-order valence-electron chi connectivity index (χ3n) is 12.5. The van der Waals surface area contributed by atoms with Gasteiger partial charge in [0.05, 0.1) is 31.3 Å². The van der Waals surface area contributed by atoms with Crippen LogP contribution in [0, 0.1) is 0 Å². The Morgan fingerprint density at radius 3 is 1.08 bits per heavy atom. The molecule has 0 fully saturated rings. The van der Waals surface area contributed by atoms with Crippen LogP contribution in [0.1, 0.15) is 290 Å². The predicted molar refractivity (Wildman–Crippen MR) is 259 cm³/mol. The van der Waals surface area contributed by atoms with Crippen molar-refractivity contribution in [2.75, 3.05) is 6.61 Å². The number of carbonyl (C=O) groups excluding carboxylic acids is 1. The molecule has 4 N–H and O–H groups in total. The molecule has 1 amide bonds. The molecule has 0 bridgehead atoms. The van der Waals surface area contributed by atoms with Crippen molar-refractivity contribution < 1.29 is 20.1 Å². The van der Waals surface area contributed by atoms with Crippen molar-refractivity contribution in [2.45, 2.75) is 308 Å². The normalized spacial score (nSPS) is 13.5. The van der Waals surface area contributed by atoms with Gasteiger partial charge >= 0.3 is 0 Å². The molecule has 3 unspecified atom stereocenters. The van der Waals surface area contributed by atoms with Crippen molar-refractivity contribution in [1.82, 2.24) is 5.32 Å². The fourth-order valence-corrected chi connectivity index (χ4v) is 8.42. The molecule has 0 aliphatic heterocycles. The van der Waals surface area contributed by atoms with Gasteiger partial charge in [-0.2, -0.15) is 0 Å². The second-order valence-electron chi connectivity index (χ2n) is 18.5. The molecular formula is C54H105NO4. The number of aliphatic hydroxyl groups excluding tert-OH is 3. The Hall–Kier alpha value is -1.17. The number of allylic oxidation sites excluding steroid dienone is 3. The van der Waals surface area contributed by atoms with Gasteiger partial charge in [-0.3, -0.25) is 4.79 Å². The smallest absolute Gasteiger partial charge is 0.222 e. The maximum atomic E-state index is 12.5. The monoisotopic (exact) mass is 832 g/mol. The van der Waals surface area contributed by atoms with Crippen LogP contribution >= 0.6 is 0 Å². The number of rotatable bonds is 49. The zero-order valence-electron chi connectivity index (χ0n) is 39.9. The Bertz CT molecular complexity index is 874. The molecule has 0 saturated carbocycles. The number of nitrogens with one attached hydrogen (secondary N) is 1. The van der Waals surface area contributed by atoms with Crippen molar-refractivity contribution in [2.24, 2.45) is 0 Å². The summed E-state index contributed by atoms with van der Waals surface area (Å²) in [5.74, 6) is -0.321. The molecule has 0 aliphatic rings. The molecular weight excluding hydrogens is 727 g/mol. The minimum absolute atomic E-state index is 0.00998. The van der Waals surface area contributed by atoms with Crippen LogP contribution in [0.5, 0.6) is 0 Å². The third-order valence-corrected chi connectivity index (χ3v) is 12.5. The molecule has 0 aromatic rings. The Kier molecular flexibility index (Phi) is 48.5. The highest BCUT2D eigenvalue weighted by molar-refractivity contribution is 5.76. The number of carbonyl (C=O) groups is 1. The maximum Gasteiger partial charge on any atom is 0.222 e. The van der Waals surface area contributed by atoms with Gasteiger partial charge in [-0.15, -0.1) is 0 Å². The first-order valence-electron chi connectivity index (χ1n) is 26.6. The van der Waals surface area contributed by atoms with Gasteiger partial charge in [-0.1, -0.05) is 276 Å². The average molecular weight is 832 g/mol. The SMILES string of the molecule is CCCCCCCCC/C=C/CC/C=C/C(O)C(CO)NC(=O)CC(O)CCCCCCCCCCCCCCCCCCCCCCCCCCCCCCCCC. The summed E-state index contributed by atoms with van der Waals surface area (Å²) in [6.45, 7) is 4.21. The Morgan fingerprint density at radius 2 is 0.729 bits per heavy atom. The lowest BCUT2D eigenvalue weighted by Gasteiger charge is -2.21. The summed E-state index contributed by atoms with van der Waals surface area (Å²) in [6.07, 6.45) is 62.3. The molecule has 0 heterocycles. The van der Waals surface area contributed by atoms with Gasteiger partial charge in [0, 0.05) is 0 Å². The van der Waals surface area contributed by atoms with Crippen LogP contribution in [-0.2, 0) is 4.79 Å². The summed E-state index contributed by atoms with van der Waals surface area (Å²) in [5, 5.41) is 33.3. The highest BCUT2D eigenvalue weighted by Gasteiger charge is 2.20. The lowest BCUT2D eigenvalue weighted by atomic mass is 10.0. The molecule has 0 spiro atoms. The molecule has 0 aromatic carbocycles. The van der Waals surface area contributed by atoms with E-state index in [2.05, 4.69) is 31.3 Å². The van der Waals surface area contributed by atoms with E-state index >= 15 is 0 Å². The van der Waals surface area contributed by atoms with Gasteiger partial charge in [-0.25, -0.2) is 0 Å². The highest BCUT2D eigenvalue weighted by Crippen LogP contribution is 2.18. The van der Waals surface area contributed by atoms with Crippen molar-refractivity contribution in [3.05, 3.63) is 24.3 Å². The van der Waals surface area contributed by atoms with E-state index in [0.29, 0.717) is 6.42 Å². The van der Waals surface area contributed by atoms with Crippen LogP contribution in [0.4, 0.5) is 0 Å². The van der Waals surface area contributed by atoms with E-state index in [0.717, 1.165) is 32.1 Å². The van der Waals surface area contributed by atoms with Crippen molar-refractivity contribution in [3.63, 3.8) is 0 Å². The van der Waals surface area contributed by atoms with Crippen LogP contribution in [0.2, 0.25) is 0 Å². The molecule has 0 aliphatic carbocycles. The number of amides is 1. The molecule has 0 rings (SSSR count). The maximum absolute atomic E-state index is 12.5. The quantitative estimate of drug-likeness (QED) is 0.0363. The molecule has 59 heavy (non-hydrogen) atoms. The summed E-state index contributed by atoms with van der Waals surface area (Å²) >= 11 is 0. The second-order valence-corrected chi connectivity index (χ2v) is 18.5. The minimum atomic E-state index is -0.948. The number of hydrogen-bond donors (Lipinski definition) is 4. The fraction of sp³-hybridized carbons (Fsp3) is 0.907. The second kappa shape index (κ2) is 49.5. The van der Waals surface area contributed by atoms with E-state index in [9.17, 15) is 20.1 Å². The molecule has 350 valence electrons. The van der Waals surface area contributed by atoms with Gasteiger partial charge < -0.3 is 20.6 Å². The van der Waals surface area contributed by atoms with Crippen LogP contribution in [0.15, 0.2) is 24.3 Å². The number of aliphatic hydroxyl groups is 3. The van der Waals surface area contributed by atoms with Crippen molar-refractivity contribution >= 4 is 5.91 Å².